The van der Waals surface area contributed by atoms with Crippen LogP contribution in [0.2, 0.25) is 0 Å². The van der Waals surface area contributed by atoms with Crippen molar-refractivity contribution < 1.29 is 5.11 Å². The first kappa shape index (κ1) is 23.2. The van der Waals surface area contributed by atoms with Crippen LogP contribution in [0.1, 0.15) is 50.5 Å². The molecule has 1 aliphatic heterocycles. The third kappa shape index (κ3) is 5.59. The third-order valence-corrected chi connectivity index (χ3v) is 7.73. The van der Waals surface area contributed by atoms with Gasteiger partial charge in [-0.15, -0.1) is 0 Å². The second-order valence-corrected chi connectivity index (χ2v) is 10.1. The van der Waals surface area contributed by atoms with Gasteiger partial charge in [-0.1, -0.05) is 31.0 Å². The Bertz CT molecular complexity index is 1170. The van der Waals surface area contributed by atoms with Gasteiger partial charge in [-0.2, -0.15) is 5.26 Å². The number of para-hydroxylation sites is 1. The number of pyridine rings is 1. The molecule has 0 bridgehead atoms. The van der Waals surface area contributed by atoms with Crippen LogP contribution in [-0.4, -0.2) is 29.2 Å². The molecular weight excluding hydrogens is 432 g/mol. The van der Waals surface area contributed by atoms with E-state index in [4.69, 9.17) is 5.26 Å². The van der Waals surface area contributed by atoms with E-state index < -0.39 is 0 Å². The lowest BCUT2D eigenvalue weighted by molar-refractivity contribution is 0.247. The monoisotopic (exact) mass is 466 g/mol. The number of aromatic nitrogens is 1. The Balaban J connectivity index is 1.25. The highest BCUT2D eigenvalue weighted by Gasteiger charge is 2.30. The lowest BCUT2D eigenvalue weighted by Crippen LogP contribution is -2.39. The standard InChI is InChI=1S/C30H34N4O/c31-20-22-11-13-26(14-12-22)34-17-5-6-23(21-34)18-25-7-1-3-9-28(25)33-30-19-24(15-16-32-30)27-8-2-4-10-29(27)35/h2,4,8,10-16,19,23,25,28,35H,1,3,5-7,9,17-18,21H2,(H,32,33)/t23-,25+,28-/m1/s1. The number of aromatic hydroxyl groups is 1. The largest absolute Gasteiger partial charge is 0.507 e. The summed E-state index contributed by atoms with van der Waals surface area (Å²) in [4.78, 5) is 7.11. The van der Waals surface area contributed by atoms with Crippen molar-refractivity contribution in [1.82, 2.24) is 4.98 Å². The molecule has 1 saturated heterocycles. The lowest BCUT2D eigenvalue weighted by atomic mass is 9.77. The average Bonchev–Trinajstić information content (AvgIpc) is 2.90. The Morgan fingerprint density at radius 1 is 1.00 bits per heavy atom. The topological polar surface area (TPSA) is 72.2 Å². The van der Waals surface area contributed by atoms with Crippen LogP contribution >= 0.6 is 0 Å². The second kappa shape index (κ2) is 10.8. The summed E-state index contributed by atoms with van der Waals surface area (Å²) < 4.78 is 0. The lowest BCUT2D eigenvalue weighted by Gasteiger charge is -2.39. The van der Waals surface area contributed by atoms with Crippen molar-refractivity contribution in [3.63, 3.8) is 0 Å². The highest BCUT2D eigenvalue weighted by molar-refractivity contribution is 5.71. The van der Waals surface area contributed by atoms with Gasteiger partial charge in [-0.3, -0.25) is 0 Å². The molecule has 2 heterocycles. The molecule has 5 nitrogen and oxygen atoms in total. The molecule has 0 unspecified atom stereocenters. The average molecular weight is 467 g/mol. The summed E-state index contributed by atoms with van der Waals surface area (Å²) in [6.07, 6.45) is 10.6. The zero-order valence-corrected chi connectivity index (χ0v) is 20.2. The van der Waals surface area contributed by atoms with E-state index in [9.17, 15) is 5.11 Å². The van der Waals surface area contributed by atoms with E-state index in [1.165, 1.54) is 50.6 Å². The molecule has 0 amide bonds. The molecule has 180 valence electrons. The van der Waals surface area contributed by atoms with Crippen LogP contribution in [0.25, 0.3) is 11.1 Å². The number of phenols is 1. The minimum Gasteiger partial charge on any atom is -0.507 e. The van der Waals surface area contributed by atoms with Crippen LogP contribution in [0.5, 0.6) is 5.75 Å². The Labute approximate surface area is 208 Å². The molecule has 0 spiro atoms. The summed E-state index contributed by atoms with van der Waals surface area (Å²) in [7, 11) is 0. The Kier molecular flexibility index (Phi) is 7.18. The zero-order valence-electron chi connectivity index (χ0n) is 20.2. The Hall–Kier alpha value is -3.52. The normalized spacial score (nSPS) is 22.4. The fourth-order valence-corrected chi connectivity index (χ4v) is 5.93. The number of rotatable bonds is 6. The van der Waals surface area contributed by atoms with Gasteiger partial charge in [0.1, 0.15) is 11.6 Å². The van der Waals surface area contributed by atoms with Gasteiger partial charge in [0.25, 0.3) is 0 Å². The predicted octanol–water partition coefficient (Wildman–Crippen LogP) is 6.60. The first-order valence-corrected chi connectivity index (χ1v) is 13.0. The number of nitrogens with zero attached hydrogens (tertiary/aromatic N) is 3. The molecule has 3 aromatic rings. The molecule has 5 heteroatoms. The van der Waals surface area contributed by atoms with Crippen LogP contribution in [-0.2, 0) is 0 Å². The minimum absolute atomic E-state index is 0.296. The van der Waals surface area contributed by atoms with Crippen LogP contribution in [0.4, 0.5) is 11.5 Å². The first-order chi connectivity index (χ1) is 17.2. The van der Waals surface area contributed by atoms with Crippen molar-refractivity contribution in [2.24, 2.45) is 11.8 Å². The van der Waals surface area contributed by atoms with Crippen molar-refractivity contribution >= 4 is 11.5 Å². The van der Waals surface area contributed by atoms with Gasteiger partial charge in [-0.25, -0.2) is 4.98 Å². The maximum atomic E-state index is 10.3. The fourth-order valence-electron chi connectivity index (χ4n) is 5.93. The molecular formula is C30H34N4O. The first-order valence-electron chi connectivity index (χ1n) is 13.0. The molecule has 2 aromatic carbocycles. The molecule has 5 rings (SSSR count). The predicted molar refractivity (Wildman–Crippen MR) is 141 cm³/mol. The summed E-state index contributed by atoms with van der Waals surface area (Å²) in [5.41, 5.74) is 3.78. The summed E-state index contributed by atoms with van der Waals surface area (Å²) in [5.74, 6) is 2.52. The second-order valence-electron chi connectivity index (χ2n) is 10.1. The van der Waals surface area contributed by atoms with Crippen LogP contribution in [0.15, 0.2) is 66.9 Å². The zero-order chi connectivity index (χ0) is 24.0. The van der Waals surface area contributed by atoms with Crippen molar-refractivity contribution in [2.75, 3.05) is 23.3 Å². The molecule has 2 aliphatic rings. The van der Waals surface area contributed by atoms with E-state index in [2.05, 4.69) is 39.5 Å². The van der Waals surface area contributed by atoms with E-state index in [-0.39, 0.29) is 0 Å². The molecule has 3 atom stereocenters. The van der Waals surface area contributed by atoms with Crippen LogP contribution in [0, 0.1) is 23.2 Å². The molecule has 35 heavy (non-hydrogen) atoms. The molecule has 0 radical (unpaired) electrons. The number of piperidine rings is 1. The third-order valence-electron chi connectivity index (χ3n) is 7.73. The number of benzene rings is 2. The quantitative estimate of drug-likeness (QED) is 0.428. The van der Waals surface area contributed by atoms with E-state index >= 15 is 0 Å². The van der Waals surface area contributed by atoms with Crippen molar-refractivity contribution in [1.29, 1.82) is 5.26 Å². The van der Waals surface area contributed by atoms with Gasteiger partial charge >= 0.3 is 0 Å². The van der Waals surface area contributed by atoms with Gasteiger partial charge < -0.3 is 15.3 Å². The summed E-state index contributed by atoms with van der Waals surface area (Å²) in [6, 6.07) is 22.2. The van der Waals surface area contributed by atoms with Gasteiger partial charge in [0, 0.05) is 36.6 Å². The minimum atomic E-state index is 0.296. The molecule has 2 fully saturated rings. The van der Waals surface area contributed by atoms with Crippen LogP contribution in [0.3, 0.4) is 0 Å². The smallest absolute Gasteiger partial charge is 0.126 e. The van der Waals surface area contributed by atoms with Crippen molar-refractivity contribution in [2.45, 2.75) is 51.0 Å². The van der Waals surface area contributed by atoms with Crippen LogP contribution < -0.4 is 10.2 Å². The summed E-state index contributed by atoms with van der Waals surface area (Å²) in [6.45, 7) is 2.19. The van der Waals surface area contributed by atoms with Gasteiger partial charge in [-0.05, 0) is 92.0 Å². The number of hydrogen-bond acceptors (Lipinski definition) is 5. The number of nitriles is 1. The number of nitrogens with one attached hydrogen (secondary N) is 1. The highest BCUT2D eigenvalue weighted by atomic mass is 16.3. The maximum absolute atomic E-state index is 10.3. The number of phenolic OH excluding ortho intramolecular Hbond substituents is 1. The molecule has 1 saturated carbocycles. The van der Waals surface area contributed by atoms with E-state index in [0.717, 1.165) is 35.6 Å². The number of anilines is 2. The highest BCUT2D eigenvalue weighted by Crippen LogP contribution is 2.36. The molecule has 2 N–H and O–H groups in total. The number of hydrogen-bond donors (Lipinski definition) is 2. The van der Waals surface area contributed by atoms with Crippen molar-refractivity contribution in [3.8, 4) is 22.9 Å². The van der Waals surface area contributed by atoms with Crippen molar-refractivity contribution in [3.05, 3.63) is 72.4 Å². The van der Waals surface area contributed by atoms with Gasteiger partial charge in [0.05, 0.1) is 11.6 Å². The summed E-state index contributed by atoms with van der Waals surface area (Å²) >= 11 is 0. The molecule has 1 aliphatic carbocycles. The van der Waals surface area contributed by atoms with E-state index in [1.807, 2.05) is 42.6 Å². The van der Waals surface area contributed by atoms with Gasteiger partial charge in [0.15, 0.2) is 0 Å². The fraction of sp³-hybridized carbons (Fsp3) is 0.400. The van der Waals surface area contributed by atoms with E-state index in [0.29, 0.717) is 23.6 Å². The Morgan fingerprint density at radius 3 is 2.66 bits per heavy atom. The molecule has 1 aromatic heterocycles. The maximum Gasteiger partial charge on any atom is 0.126 e. The Morgan fingerprint density at radius 2 is 1.83 bits per heavy atom. The summed E-state index contributed by atoms with van der Waals surface area (Å²) in [5, 5.41) is 23.1. The van der Waals surface area contributed by atoms with Gasteiger partial charge in [0.2, 0.25) is 0 Å². The van der Waals surface area contributed by atoms with E-state index in [1.54, 1.807) is 6.07 Å². The SMILES string of the molecule is N#Cc1ccc(N2CCC[C@H](C[C@@H]3CCCC[C@H]3Nc3cc(-c4ccccc4O)ccn3)C2)cc1.